The summed E-state index contributed by atoms with van der Waals surface area (Å²) in [6, 6.07) is 0. The summed E-state index contributed by atoms with van der Waals surface area (Å²) in [4.78, 5) is 19.4. The minimum atomic E-state index is -5.08. The summed E-state index contributed by atoms with van der Waals surface area (Å²) in [5, 5.41) is 7.59. The summed E-state index contributed by atoms with van der Waals surface area (Å²) in [6.45, 7) is 0.610. The first kappa shape index (κ1) is 16.8. The van der Waals surface area contributed by atoms with Gasteiger partial charge in [0.2, 0.25) is 0 Å². The number of alkyl halides is 4. The van der Waals surface area contributed by atoms with Gasteiger partial charge in [-0.2, -0.15) is 13.2 Å². The fourth-order valence-electron chi connectivity index (χ4n) is 0.366. The van der Waals surface area contributed by atoms with Gasteiger partial charge in [-0.25, -0.2) is 4.79 Å². The molecule has 0 aromatic heterocycles. The number of aliphatic carboxylic acids is 1. The molecule has 90 valence electrons. The van der Waals surface area contributed by atoms with Gasteiger partial charge in [0.15, 0.2) is 0 Å². The van der Waals surface area contributed by atoms with E-state index in [1.165, 1.54) is 0 Å². The lowest BCUT2D eigenvalue weighted by Crippen LogP contribution is -2.21. The van der Waals surface area contributed by atoms with Gasteiger partial charge in [0.25, 0.3) is 0 Å². The van der Waals surface area contributed by atoms with Crippen LogP contribution in [0.3, 0.4) is 0 Å². The molecule has 0 saturated carbocycles. The molecule has 0 spiro atoms. The van der Waals surface area contributed by atoms with Crippen LogP contribution in [0.2, 0.25) is 0 Å². The molecule has 0 heterocycles. The maximum atomic E-state index is 10.6. The Morgan fingerprint density at radius 1 is 1.33 bits per heavy atom. The molecule has 8 heteroatoms. The van der Waals surface area contributed by atoms with Gasteiger partial charge in [-0.3, -0.25) is 4.79 Å². The molecule has 0 unspecified atom stereocenters. The van der Waals surface area contributed by atoms with E-state index in [2.05, 4.69) is 15.9 Å². The van der Waals surface area contributed by atoms with Crippen molar-refractivity contribution >= 4 is 27.7 Å². The Balaban J connectivity index is 0. The van der Waals surface area contributed by atoms with Crippen LogP contribution in [0.5, 0.6) is 0 Å². The van der Waals surface area contributed by atoms with E-state index in [0.29, 0.717) is 18.3 Å². The van der Waals surface area contributed by atoms with Gasteiger partial charge in [0.1, 0.15) is 5.78 Å². The highest BCUT2D eigenvalue weighted by molar-refractivity contribution is 9.09. The molecule has 3 N–H and O–H groups in total. The topological polar surface area (TPSA) is 80.4 Å². The molecule has 0 aliphatic rings. The molecule has 0 fully saturated rings. The number of carboxylic acid groups (broad SMARTS) is 1. The van der Waals surface area contributed by atoms with E-state index in [4.69, 9.17) is 15.6 Å². The highest BCUT2D eigenvalue weighted by atomic mass is 79.9. The average molecular weight is 294 g/mol. The predicted molar refractivity (Wildman–Crippen MR) is 50.8 cm³/mol. The van der Waals surface area contributed by atoms with Crippen molar-refractivity contribution in [3.05, 3.63) is 0 Å². The molecule has 0 bridgehead atoms. The first-order chi connectivity index (χ1) is 6.75. The molecule has 4 nitrogen and oxygen atoms in total. The van der Waals surface area contributed by atoms with Crippen LogP contribution in [0.4, 0.5) is 13.2 Å². The van der Waals surface area contributed by atoms with Crippen molar-refractivity contribution in [2.45, 2.75) is 19.0 Å². The van der Waals surface area contributed by atoms with Crippen molar-refractivity contribution in [3.8, 4) is 0 Å². The van der Waals surface area contributed by atoms with Crippen molar-refractivity contribution in [3.63, 3.8) is 0 Å². The standard InChI is InChI=1S/C5H10BrNO.C2HF3O2/c6-4-5(8)2-1-3-7;3-2(4,5)1(6)7/h1-4,7H2;(H,6,7). The lowest BCUT2D eigenvalue weighted by atomic mass is 10.2. The Morgan fingerprint density at radius 2 is 1.73 bits per heavy atom. The van der Waals surface area contributed by atoms with E-state index in [1.54, 1.807) is 0 Å². The number of Topliss-reactive ketones (excluding diaryl/α,β-unsaturated/α-hetero) is 1. The Labute approximate surface area is 92.8 Å². The zero-order valence-corrected chi connectivity index (χ0v) is 9.27. The lowest BCUT2D eigenvalue weighted by Gasteiger charge is -1.93. The molecule has 0 radical (unpaired) electrons. The Kier molecular flexibility index (Phi) is 9.69. The second-order valence-electron chi connectivity index (χ2n) is 2.37. The van der Waals surface area contributed by atoms with Gasteiger partial charge in [-0.15, -0.1) is 0 Å². The van der Waals surface area contributed by atoms with Crippen LogP contribution in [0.25, 0.3) is 0 Å². The van der Waals surface area contributed by atoms with Gasteiger partial charge < -0.3 is 10.8 Å². The van der Waals surface area contributed by atoms with Crippen molar-refractivity contribution in [2.24, 2.45) is 5.73 Å². The van der Waals surface area contributed by atoms with Crippen LogP contribution >= 0.6 is 15.9 Å². The summed E-state index contributed by atoms with van der Waals surface area (Å²) in [7, 11) is 0. The highest BCUT2D eigenvalue weighted by Crippen LogP contribution is 2.13. The number of carbonyl (C=O) groups excluding carboxylic acids is 1. The number of rotatable bonds is 4. The van der Waals surface area contributed by atoms with Gasteiger partial charge in [-0.05, 0) is 13.0 Å². The molecular formula is C7H11BrF3NO3. The van der Waals surface area contributed by atoms with Crippen LogP contribution in [0.15, 0.2) is 0 Å². The lowest BCUT2D eigenvalue weighted by molar-refractivity contribution is -0.192. The summed E-state index contributed by atoms with van der Waals surface area (Å²) < 4.78 is 31.7. The highest BCUT2D eigenvalue weighted by Gasteiger charge is 2.38. The molecule has 0 aromatic carbocycles. The van der Waals surface area contributed by atoms with Crippen LogP contribution < -0.4 is 5.73 Å². The summed E-state index contributed by atoms with van der Waals surface area (Å²) in [5.74, 6) is -2.53. The van der Waals surface area contributed by atoms with Crippen molar-refractivity contribution < 1.29 is 27.9 Å². The fraction of sp³-hybridized carbons (Fsp3) is 0.714. The predicted octanol–water partition coefficient (Wildman–Crippen LogP) is 1.32. The smallest absolute Gasteiger partial charge is 0.475 e. The number of carbonyl (C=O) groups is 2. The first-order valence-corrected chi connectivity index (χ1v) is 4.95. The zero-order chi connectivity index (χ0) is 12.5. The normalized spacial score (nSPS) is 10.2. The zero-order valence-electron chi connectivity index (χ0n) is 7.68. The van der Waals surface area contributed by atoms with Crippen molar-refractivity contribution in [2.75, 3.05) is 11.9 Å². The fourth-order valence-corrected chi connectivity index (χ4v) is 0.646. The molecule has 0 saturated heterocycles. The number of nitrogens with two attached hydrogens (primary N) is 1. The van der Waals surface area contributed by atoms with Gasteiger partial charge in [-0.1, -0.05) is 15.9 Å². The average Bonchev–Trinajstić information content (AvgIpc) is 2.13. The summed E-state index contributed by atoms with van der Waals surface area (Å²) >= 11 is 3.05. The largest absolute Gasteiger partial charge is 0.490 e. The van der Waals surface area contributed by atoms with Crippen LogP contribution in [0, 0.1) is 0 Å². The Morgan fingerprint density at radius 3 is 1.93 bits per heavy atom. The van der Waals surface area contributed by atoms with E-state index >= 15 is 0 Å². The minimum absolute atomic E-state index is 0.232. The van der Waals surface area contributed by atoms with E-state index in [9.17, 15) is 18.0 Å². The molecule has 0 amide bonds. The third kappa shape index (κ3) is 13.4. The molecule has 0 aromatic rings. The molecular weight excluding hydrogens is 283 g/mol. The quantitative estimate of drug-likeness (QED) is 0.766. The van der Waals surface area contributed by atoms with Gasteiger partial charge in [0, 0.05) is 6.42 Å². The monoisotopic (exact) mass is 293 g/mol. The SMILES string of the molecule is NCCCC(=O)CBr.O=C(O)C(F)(F)F. The maximum absolute atomic E-state index is 10.6. The van der Waals surface area contributed by atoms with Crippen molar-refractivity contribution in [1.29, 1.82) is 0 Å². The van der Waals surface area contributed by atoms with Crippen LogP contribution in [0.1, 0.15) is 12.8 Å². The number of ketones is 1. The second kappa shape index (κ2) is 8.66. The molecule has 0 atom stereocenters. The molecule has 0 aliphatic carbocycles. The maximum Gasteiger partial charge on any atom is 0.490 e. The number of hydrogen-bond donors (Lipinski definition) is 2. The van der Waals surface area contributed by atoms with E-state index in [-0.39, 0.29) is 5.78 Å². The van der Waals surface area contributed by atoms with Crippen LogP contribution in [-0.4, -0.2) is 34.9 Å². The van der Waals surface area contributed by atoms with Gasteiger partial charge >= 0.3 is 12.1 Å². The number of hydrogen-bond acceptors (Lipinski definition) is 3. The van der Waals surface area contributed by atoms with E-state index in [0.717, 1.165) is 6.42 Å². The third-order valence-electron chi connectivity index (χ3n) is 1.05. The summed E-state index contributed by atoms with van der Waals surface area (Å²) in [6.07, 6.45) is -3.66. The first-order valence-electron chi connectivity index (χ1n) is 3.83. The van der Waals surface area contributed by atoms with E-state index in [1.807, 2.05) is 0 Å². The number of carboxylic acids is 1. The second-order valence-corrected chi connectivity index (χ2v) is 2.93. The van der Waals surface area contributed by atoms with Crippen molar-refractivity contribution in [1.82, 2.24) is 0 Å². The minimum Gasteiger partial charge on any atom is -0.475 e. The molecule has 0 rings (SSSR count). The summed E-state index contributed by atoms with van der Waals surface area (Å²) in [5.41, 5.74) is 5.16. The molecule has 15 heavy (non-hydrogen) atoms. The van der Waals surface area contributed by atoms with E-state index < -0.39 is 12.1 Å². The Bertz CT molecular complexity index is 208. The number of halogens is 4. The van der Waals surface area contributed by atoms with Gasteiger partial charge in [0.05, 0.1) is 5.33 Å². The van der Waals surface area contributed by atoms with Crippen LogP contribution in [-0.2, 0) is 9.59 Å². The molecule has 0 aliphatic heterocycles. The third-order valence-corrected chi connectivity index (χ3v) is 1.68. The Hall–Kier alpha value is -0.630.